The van der Waals surface area contributed by atoms with E-state index in [4.69, 9.17) is 11.1 Å². The molecule has 0 radical (unpaired) electrons. The number of hydrogen-bond acceptors (Lipinski definition) is 3. The summed E-state index contributed by atoms with van der Waals surface area (Å²) in [7, 11) is 0. The van der Waals surface area contributed by atoms with E-state index in [0.717, 1.165) is 5.56 Å². The Kier molecular flexibility index (Phi) is 3.01. The molecule has 0 atom stereocenters. The Labute approximate surface area is 75.9 Å². The van der Waals surface area contributed by atoms with Gasteiger partial charge < -0.3 is 0 Å². The molecule has 66 valence electrons. The summed E-state index contributed by atoms with van der Waals surface area (Å²) in [6.45, 7) is 0. The second-order valence-electron chi connectivity index (χ2n) is 2.55. The van der Waals surface area contributed by atoms with Gasteiger partial charge in [0.15, 0.2) is 0 Å². The third kappa shape index (κ3) is 2.58. The highest BCUT2D eigenvalue weighted by Gasteiger charge is 2.00. The number of carbonyl (C=O) groups is 1. The second kappa shape index (κ2) is 4.24. The van der Waals surface area contributed by atoms with Gasteiger partial charge in [0, 0.05) is 0 Å². The van der Waals surface area contributed by atoms with Gasteiger partial charge in [-0.2, -0.15) is 5.26 Å². The highest BCUT2D eigenvalue weighted by atomic mass is 16.2. The average molecular weight is 175 g/mol. The van der Waals surface area contributed by atoms with E-state index in [2.05, 4.69) is 0 Å². The quantitative estimate of drug-likeness (QED) is 0.380. The number of hydrazine groups is 1. The van der Waals surface area contributed by atoms with E-state index in [1.807, 2.05) is 11.5 Å². The molecule has 0 unspecified atom stereocenters. The van der Waals surface area contributed by atoms with Crippen molar-refractivity contribution in [1.29, 1.82) is 5.26 Å². The first-order valence-corrected chi connectivity index (χ1v) is 3.74. The number of benzene rings is 1. The van der Waals surface area contributed by atoms with Crippen molar-refractivity contribution in [1.82, 2.24) is 5.43 Å². The van der Waals surface area contributed by atoms with Crippen molar-refractivity contribution in [2.24, 2.45) is 5.84 Å². The molecule has 1 amide bonds. The van der Waals surface area contributed by atoms with Crippen LogP contribution < -0.4 is 11.3 Å². The van der Waals surface area contributed by atoms with Gasteiger partial charge in [0.2, 0.25) is 5.91 Å². The summed E-state index contributed by atoms with van der Waals surface area (Å²) in [4.78, 5) is 10.8. The highest BCUT2D eigenvalue weighted by Crippen LogP contribution is 2.03. The molecule has 0 heterocycles. The smallest absolute Gasteiger partial charge is 0.238 e. The predicted molar refractivity (Wildman–Crippen MR) is 47.2 cm³/mol. The van der Waals surface area contributed by atoms with E-state index in [-0.39, 0.29) is 12.3 Å². The van der Waals surface area contributed by atoms with Crippen molar-refractivity contribution in [2.75, 3.05) is 0 Å². The molecule has 1 aromatic carbocycles. The maximum absolute atomic E-state index is 10.8. The number of rotatable bonds is 2. The van der Waals surface area contributed by atoms with Crippen molar-refractivity contribution < 1.29 is 4.79 Å². The van der Waals surface area contributed by atoms with E-state index >= 15 is 0 Å². The lowest BCUT2D eigenvalue weighted by atomic mass is 10.1. The summed E-state index contributed by atoms with van der Waals surface area (Å²) < 4.78 is 0. The van der Waals surface area contributed by atoms with Gasteiger partial charge in [0.25, 0.3) is 0 Å². The van der Waals surface area contributed by atoms with Crippen molar-refractivity contribution >= 4 is 5.91 Å². The Hall–Kier alpha value is -1.86. The van der Waals surface area contributed by atoms with Gasteiger partial charge in [0.1, 0.15) is 0 Å². The topological polar surface area (TPSA) is 78.9 Å². The Morgan fingerprint density at radius 2 is 2.08 bits per heavy atom. The van der Waals surface area contributed by atoms with E-state index in [9.17, 15) is 4.79 Å². The Morgan fingerprint density at radius 3 is 2.54 bits per heavy atom. The fourth-order valence-electron chi connectivity index (χ4n) is 0.934. The van der Waals surface area contributed by atoms with Gasteiger partial charge in [-0.05, 0) is 17.7 Å². The number of carbonyl (C=O) groups excluding carboxylic acids is 1. The molecular formula is C9H9N3O. The fraction of sp³-hybridized carbons (Fsp3) is 0.111. The maximum atomic E-state index is 10.8. The monoisotopic (exact) mass is 175 g/mol. The minimum atomic E-state index is -0.246. The molecule has 0 aliphatic carbocycles. The van der Waals surface area contributed by atoms with Crippen LogP contribution in [0.25, 0.3) is 0 Å². The van der Waals surface area contributed by atoms with Crippen LogP contribution in [0.3, 0.4) is 0 Å². The number of amides is 1. The van der Waals surface area contributed by atoms with Gasteiger partial charge in [-0.15, -0.1) is 0 Å². The molecule has 0 fully saturated rings. The minimum absolute atomic E-state index is 0.238. The number of nitriles is 1. The first kappa shape index (κ1) is 9.23. The van der Waals surface area contributed by atoms with E-state index in [0.29, 0.717) is 5.56 Å². The Bertz CT molecular complexity index is 337. The number of nitrogens with one attached hydrogen (secondary N) is 1. The summed E-state index contributed by atoms with van der Waals surface area (Å²) in [6, 6.07) is 8.79. The van der Waals surface area contributed by atoms with Crippen LogP contribution in [-0.2, 0) is 11.2 Å². The SMILES string of the molecule is N#Cc1ccc(CC(=O)NN)cc1. The molecule has 3 N–H and O–H groups in total. The van der Waals surface area contributed by atoms with Crippen molar-refractivity contribution in [2.45, 2.75) is 6.42 Å². The third-order valence-corrected chi connectivity index (χ3v) is 1.61. The van der Waals surface area contributed by atoms with Crippen LogP contribution in [0.15, 0.2) is 24.3 Å². The van der Waals surface area contributed by atoms with Crippen molar-refractivity contribution in [3.05, 3.63) is 35.4 Å². The number of hydrogen-bond donors (Lipinski definition) is 2. The molecule has 0 saturated heterocycles. The molecule has 4 nitrogen and oxygen atoms in total. The normalized spacial score (nSPS) is 8.92. The average Bonchev–Trinajstić information content (AvgIpc) is 2.19. The Balaban J connectivity index is 2.71. The summed E-state index contributed by atoms with van der Waals surface area (Å²) in [5.41, 5.74) is 3.45. The lowest BCUT2D eigenvalue weighted by molar-refractivity contribution is -0.120. The molecular weight excluding hydrogens is 166 g/mol. The molecule has 0 bridgehead atoms. The van der Waals surface area contributed by atoms with Crippen LogP contribution in [0.1, 0.15) is 11.1 Å². The summed E-state index contributed by atoms with van der Waals surface area (Å²) in [5, 5.41) is 8.51. The van der Waals surface area contributed by atoms with Gasteiger partial charge in [0.05, 0.1) is 18.1 Å². The molecule has 13 heavy (non-hydrogen) atoms. The first-order valence-electron chi connectivity index (χ1n) is 3.74. The van der Waals surface area contributed by atoms with E-state index in [1.54, 1.807) is 24.3 Å². The van der Waals surface area contributed by atoms with Crippen LogP contribution in [0.4, 0.5) is 0 Å². The van der Waals surface area contributed by atoms with Crippen LogP contribution in [-0.4, -0.2) is 5.91 Å². The van der Waals surface area contributed by atoms with Crippen LogP contribution >= 0.6 is 0 Å². The van der Waals surface area contributed by atoms with Crippen molar-refractivity contribution in [3.8, 4) is 6.07 Å². The van der Waals surface area contributed by atoms with Gasteiger partial charge in [-0.1, -0.05) is 12.1 Å². The molecule has 4 heteroatoms. The zero-order valence-corrected chi connectivity index (χ0v) is 6.95. The lowest BCUT2D eigenvalue weighted by Crippen LogP contribution is -2.31. The first-order chi connectivity index (χ1) is 6.26. The molecule has 1 rings (SSSR count). The van der Waals surface area contributed by atoms with E-state index < -0.39 is 0 Å². The fourth-order valence-corrected chi connectivity index (χ4v) is 0.934. The summed E-state index contributed by atoms with van der Waals surface area (Å²) in [6.07, 6.45) is 0.238. The van der Waals surface area contributed by atoms with Gasteiger partial charge in [-0.3, -0.25) is 10.2 Å². The molecule has 0 spiro atoms. The number of nitrogens with zero attached hydrogens (tertiary/aromatic N) is 1. The van der Waals surface area contributed by atoms with Crippen LogP contribution in [0.5, 0.6) is 0 Å². The van der Waals surface area contributed by atoms with Gasteiger partial charge in [-0.25, -0.2) is 5.84 Å². The standard InChI is InChI=1S/C9H9N3O/c10-6-8-3-1-7(2-4-8)5-9(13)12-11/h1-4H,5,11H2,(H,12,13). The van der Waals surface area contributed by atoms with E-state index in [1.165, 1.54) is 0 Å². The summed E-state index contributed by atoms with van der Waals surface area (Å²) in [5.74, 6) is 4.68. The summed E-state index contributed by atoms with van der Waals surface area (Å²) >= 11 is 0. The van der Waals surface area contributed by atoms with Crippen LogP contribution in [0.2, 0.25) is 0 Å². The highest BCUT2D eigenvalue weighted by molar-refractivity contribution is 5.77. The molecule has 0 aromatic heterocycles. The van der Waals surface area contributed by atoms with Crippen molar-refractivity contribution in [3.63, 3.8) is 0 Å². The molecule has 0 aliphatic rings. The largest absolute Gasteiger partial charge is 0.294 e. The molecule has 0 aliphatic heterocycles. The zero-order valence-electron chi connectivity index (χ0n) is 6.95. The second-order valence-corrected chi connectivity index (χ2v) is 2.55. The zero-order chi connectivity index (χ0) is 9.68. The Morgan fingerprint density at radius 1 is 1.46 bits per heavy atom. The molecule has 0 saturated carbocycles. The van der Waals surface area contributed by atoms with Crippen LogP contribution in [0, 0.1) is 11.3 Å². The lowest BCUT2D eigenvalue weighted by Gasteiger charge is -1.99. The number of nitrogens with two attached hydrogens (primary N) is 1. The minimum Gasteiger partial charge on any atom is -0.294 e. The third-order valence-electron chi connectivity index (χ3n) is 1.61. The van der Waals surface area contributed by atoms with Gasteiger partial charge >= 0.3 is 0 Å². The molecule has 1 aromatic rings. The maximum Gasteiger partial charge on any atom is 0.238 e. The predicted octanol–water partition coefficient (Wildman–Crippen LogP) is 0.0907.